The number of methoxy groups -OCH3 is 2. The quantitative estimate of drug-likeness (QED) is 0.817. The number of ether oxygens (including phenoxy) is 2. The molecule has 1 unspecified atom stereocenters. The molecule has 0 radical (unpaired) electrons. The zero-order chi connectivity index (χ0) is 12.3. The van der Waals surface area contributed by atoms with Crippen LogP contribution in [-0.4, -0.2) is 19.3 Å². The molecular weight excluding hydrogens is 216 g/mol. The van der Waals surface area contributed by atoms with Crippen molar-refractivity contribution in [1.29, 1.82) is 0 Å². The van der Waals surface area contributed by atoms with Crippen LogP contribution in [0.1, 0.15) is 24.8 Å². The van der Waals surface area contributed by atoms with Gasteiger partial charge in [-0.25, -0.2) is 0 Å². The summed E-state index contributed by atoms with van der Waals surface area (Å²) in [5.74, 6) is 1.42. The van der Waals surface area contributed by atoms with Crippen LogP contribution < -0.4 is 9.47 Å². The standard InChI is InChI=1S/C14H18O3/c1-16-11-6-7-13(17-2)12(10-11)14(15)8-4-3-5-9-14/h4,6-8,10,15H,3,5,9H2,1-2H3. The van der Waals surface area contributed by atoms with Crippen LogP contribution in [-0.2, 0) is 5.60 Å². The highest BCUT2D eigenvalue weighted by molar-refractivity contribution is 5.46. The Morgan fingerprint density at radius 1 is 1.24 bits per heavy atom. The number of hydrogen-bond acceptors (Lipinski definition) is 3. The van der Waals surface area contributed by atoms with E-state index >= 15 is 0 Å². The summed E-state index contributed by atoms with van der Waals surface area (Å²) in [6.07, 6.45) is 6.59. The topological polar surface area (TPSA) is 38.7 Å². The first-order chi connectivity index (χ1) is 8.19. The number of allylic oxidation sites excluding steroid dienone is 1. The molecule has 0 saturated heterocycles. The van der Waals surface area contributed by atoms with E-state index < -0.39 is 5.60 Å². The molecule has 92 valence electrons. The van der Waals surface area contributed by atoms with E-state index in [-0.39, 0.29) is 0 Å². The molecule has 0 amide bonds. The van der Waals surface area contributed by atoms with Gasteiger partial charge >= 0.3 is 0 Å². The molecule has 0 aliphatic heterocycles. The van der Waals surface area contributed by atoms with Gasteiger partial charge in [-0.1, -0.05) is 12.2 Å². The first-order valence-electron chi connectivity index (χ1n) is 5.82. The van der Waals surface area contributed by atoms with E-state index in [9.17, 15) is 5.11 Å². The zero-order valence-corrected chi connectivity index (χ0v) is 10.3. The molecule has 17 heavy (non-hydrogen) atoms. The molecule has 1 aliphatic rings. The van der Waals surface area contributed by atoms with Crippen LogP contribution in [0.25, 0.3) is 0 Å². The Balaban J connectivity index is 2.47. The molecule has 1 N–H and O–H groups in total. The number of aliphatic hydroxyl groups is 1. The minimum absolute atomic E-state index is 0.694. The maximum absolute atomic E-state index is 10.7. The first kappa shape index (κ1) is 12.0. The number of benzene rings is 1. The molecule has 0 heterocycles. The highest BCUT2D eigenvalue weighted by Crippen LogP contribution is 2.39. The van der Waals surface area contributed by atoms with Gasteiger partial charge in [0, 0.05) is 5.56 Å². The third kappa shape index (κ3) is 2.29. The monoisotopic (exact) mass is 234 g/mol. The summed E-state index contributed by atoms with van der Waals surface area (Å²) >= 11 is 0. The fourth-order valence-electron chi connectivity index (χ4n) is 2.23. The van der Waals surface area contributed by atoms with E-state index in [0.29, 0.717) is 12.2 Å². The molecule has 0 spiro atoms. The van der Waals surface area contributed by atoms with Gasteiger partial charge in [0.1, 0.15) is 17.1 Å². The van der Waals surface area contributed by atoms with E-state index in [1.165, 1.54) is 0 Å². The van der Waals surface area contributed by atoms with E-state index in [2.05, 4.69) is 0 Å². The molecule has 1 aliphatic carbocycles. The number of hydrogen-bond donors (Lipinski definition) is 1. The molecule has 0 aromatic heterocycles. The van der Waals surface area contributed by atoms with Crippen molar-refractivity contribution in [3.63, 3.8) is 0 Å². The third-order valence-corrected chi connectivity index (χ3v) is 3.20. The van der Waals surface area contributed by atoms with Gasteiger partial charge < -0.3 is 14.6 Å². The van der Waals surface area contributed by atoms with Crippen LogP contribution in [0.5, 0.6) is 11.5 Å². The summed E-state index contributed by atoms with van der Waals surface area (Å²) in [5.41, 5.74) is -0.159. The van der Waals surface area contributed by atoms with Crippen LogP contribution in [0, 0.1) is 0 Å². The average molecular weight is 234 g/mol. The molecule has 0 fully saturated rings. The molecule has 2 rings (SSSR count). The first-order valence-corrected chi connectivity index (χ1v) is 5.82. The maximum atomic E-state index is 10.7. The summed E-state index contributed by atoms with van der Waals surface area (Å²) in [6, 6.07) is 5.50. The zero-order valence-electron chi connectivity index (χ0n) is 10.3. The smallest absolute Gasteiger partial charge is 0.125 e. The second-order valence-electron chi connectivity index (χ2n) is 4.29. The minimum atomic E-state index is -0.932. The molecule has 1 aromatic carbocycles. The van der Waals surface area contributed by atoms with Gasteiger partial charge in [0.05, 0.1) is 14.2 Å². The van der Waals surface area contributed by atoms with Crippen LogP contribution in [0.3, 0.4) is 0 Å². The van der Waals surface area contributed by atoms with Gasteiger partial charge in [0.25, 0.3) is 0 Å². The maximum Gasteiger partial charge on any atom is 0.125 e. The van der Waals surface area contributed by atoms with Crippen molar-refractivity contribution in [3.05, 3.63) is 35.9 Å². The van der Waals surface area contributed by atoms with Gasteiger partial charge in [-0.3, -0.25) is 0 Å². The lowest BCUT2D eigenvalue weighted by atomic mass is 9.84. The molecule has 3 nitrogen and oxygen atoms in total. The second-order valence-corrected chi connectivity index (χ2v) is 4.29. The summed E-state index contributed by atoms with van der Waals surface area (Å²) < 4.78 is 10.5. The molecule has 0 saturated carbocycles. The lowest BCUT2D eigenvalue weighted by molar-refractivity contribution is 0.0696. The Morgan fingerprint density at radius 2 is 2.06 bits per heavy atom. The Hall–Kier alpha value is -1.48. The highest BCUT2D eigenvalue weighted by Gasteiger charge is 2.31. The van der Waals surface area contributed by atoms with Crippen LogP contribution >= 0.6 is 0 Å². The second kappa shape index (κ2) is 4.80. The Bertz CT molecular complexity index is 425. The summed E-state index contributed by atoms with van der Waals surface area (Å²) in [4.78, 5) is 0. The summed E-state index contributed by atoms with van der Waals surface area (Å²) in [5, 5.41) is 10.7. The fraction of sp³-hybridized carbons (Fsp3) is 0.429. The van der Waals surface area contributed by atoms with Crippen LogP contribution in [0.4, 0.5) is 0 Å². The number of rotatable bonds is 3. The predicted octanol–water partition coefficient (Wildman–Crippen LogP) is 2.63. The van der Waals surface area contributed by atoms with Gasteiger partial charge in [-0.05, 0) is 37.5 Å². The van der Waals surface area contributed by atoms with Crippen LogP contribution in [0.2, 0.25) is 0 Å². The lowest BCUT2D eigenvalue weighted by Gasteiger charge is -2.29. The molecule has 0 bridgehead atoms. The van der Waals surface area contributed by atoms with Crippen molar-refractivity contribution in [2.45, 2.75) is 24.9 Å². The van der Waals surface area contributed by atoms with Gasteiger partial charge in [0.15, 0.2) is 0 Å². The minimum Gasteiger partial charge on any atom is -0.497 e. The summed E-state index contributed by atoms with van der Waals surface area (Å²) in [7, 11) is 3.23. The largest absolute Gasteiger partial charge is 0.497 e. The van der Waals surface area contributed by atoms with Crippen molar-refractivity contribution < 1.29 is 14.6 Å². The molecule has 1 atom stereocenters. The highest BCUT2D eigenvalue weighted by atomic mass is 16.5. The normalized spacial score (nSPS) is 23.5. The van der Waals surface area contributed by atoms with E-state index in [0.717, 1.165) is 24.2 Å². The lowest BCUT2D eigenvalue weighted by Crippen LogP contribution is -2.25. The van der Waals surface area contributed by atoms with E-state index in [1.54, 1.807) is 14.2 Å². The van der Waals surface area contributed by atoms with E-state index in [4.69, 9.17) is 9.47 Å². The molecule has 3 heteroatoms. The van der Waals surface area contributed by atoms with Crippen molar-refractivity contribution in [2.75, 3.05) is 14.2 Å². The van der Waals surface area contributed by atoms with Crippen molar-refractivity contribution in [1.82, 2.24) is 0 Å². The Kier molecular flexibility index (Phi) is 3.38. The van der Waals surface area contributed by atoms with Crippen molar-refractivity contribution in [3.8, 4) is 11.5 Å². The van der Waals surface area contributed by atoms with Gasteiger partial charge in [0.2, 0.25) is 0 Å². The van der Waals surface area contributed by atoms with E-state index in [1.807, 2.05) is 30.4 Å². The predicted molar refractivity (Wildman–Crippen MR) is 66.4 cm³/mol. The molecule has 1 aromatic rings. The third-order valence-electron chi connectivity index (χ3n) is 3.20. The molecular formula is C14H18O3. The van der Waals surface area contributed by atoms with Gasteiger partial charge in [-0.15, -0.1) is 0 Å². The fourth-order valence-corrected chi connectivity index (χ4v) is 2.23. The van der Waals surface area contributed by atoms with Crippen LogP contribution in [0.15, 0.2) is 30.4 Å². The summed E-state index contributed by atoms with van der Waals surface area (Å²) in [6.45, 7) is 0. The van der Waals surface area contributed by atoms with Gasteiger partial charge in [-0.2, -0.15) is 0 Å². The Labute approximate surface area is 102 Å². The SMILES string of the molecule is COc1ccc(OC)c(C2(O)C=CCCC2)c1. The average Bonchev–Trinajstić information content (AvgIpc) is 2.39. The van der Waals surface area contributed by atoms with Crippen molar-refractivity contribution in [2.24, 2.45) is 0 Å². The Morgan fingerprint density at radius 3 is 2.65 bits per heavy atom. The van der Waals surface area contributed by atoms with Crippen molar-refractivity contribution >= 4 is 0 Å².